The van der Waals surface area contributed by atoms with E-state index in [1.165, 1.54) is 11.3 Å². The summed E-state index contributed by atoms with van der Waals surface area (Å²) in [5, 5.41) is 0. The molecule has 0 heterocycles. The third kappa shape index (κ3) is 3.51. The molecule has 3 rings (SSSR count). The van der Waals surface area contributed by atoms with Gasteiger partial charge in [0.1, 0.15) is 0 Å². The van der Waals surface area contributed by atoms with Gasteiger partial charge in [-0.05, 0) is 17.7 Å². The van der Waals surface area contributed by atoms with Crippen LogP contribution < -0.4 is 4.90 Å². The largest absolute Gasteiger partial charge is 0.357 e. The van der Waals surface area contributed by atoms with E-state index < -0.39 is 0 Å². The van der Waals surface area contributed by atoms with Crippen LogP contribution in [0.2, 0.25) is 0 Å². The molecule has 1 aliphatic rings. The zero-order chi connectivity index (χ0) is 14.3. The number of para-hydroxylation sites is 1. The van der Waals surface area contributed by atoms with Gasteiger partial charge < -0.3 is 4.90 Å². The van der Waals surface area contributed by atoms with Crippen molar-refractivity contribution in [3.8, 4) is 0 Å². The van der Waals surface area contributed by atoms with Gasteiger partial charge in [0.25, 0.3) is 0 Å². The number of hydrogen-bond donors (Lipinski definition) is 0. The van der Waals surface area contributed by atoms with Crippen LogP contribution in [-0.2, 0) is 6.54 Å². The molecule has 0 saturated heterocycles. The summed E-state index contributed by atoms with van der Waals surface area (Å²) >= 11 is 0. The first kappa shape index (κ1) is 13.4. The van der Waals surface area contributed by atoms with E-state index >= 15 is 0 Å². The van der Waals surface area contributed by atoms with Crippen molar-refractivity contribution in [3.63, 3.8) is 0 Å². The summed E-state index contributed by atoms with van der Waals surface area (Å²) < 4.78 is 0. The molecule has 0 spiro atoms. The topological polar surface area (TPSA) is 3.24 Å². The zero-order valence-corrected chi connectivity index (χ0v) is 12.0. The standard InChI is InChI=1S/C20H19N/c1-2-8-14-19(13-7-1)21(20-15-9-4-10-16-20)17-18-11-5-3-6-12-18/h1-16,19H,17H2. The maximum atomic E-state index is 2.41. The third-order valence-electron chi connectivity index (χ3n) is 3.59. The fourth-order valence-corrected chi connectivity index (χ4v) is 2.52. The lowest BCUT2D eigenvalue weighted by Gasteiger charge is -2.30. The van der Waals surface area contributed by atoms with Crippen LogP contribution in [0.15, 0.2) is 97.1 Å². The summed E-state index contributed by atoms with van der Waals surface area (Å²) in [7, 11) is 0. The average Bonchev–Trinajstić information content (AvgIpc) is 2.84. The van der Waals surface area contributed by atoms with E-state index in [1.807, 2.05) is 0 Å². The van der Waals surface area contributed by atoms with Crippen LogP contribution in [0.3, 0.4) is 0 Å². The van der Waals surface area contributed by atoms with Gasteiger partial charge in [0, 0.05) is 12.2 Å². The Balaban J connectivity index is 1.91. The van der Waals surface area contributed by atoms with Crippen molar-refractivity contribution in [2.45, 2.75) is 12.6 Å². The molecule has 104 valence electrons. The van der Waals surface area contributed by atoms with E-state index in [2.05, 4.69) is 102 Å². The molecule has 2 aromatic carbocycles. The van der Waals surface area contributed by atoms with Crippen molar-refractivity contribution < 1.29 is 0 Å². The average molecular weight is 273 g/mol. The first-order chi connectivity index (χ1) is 10.4. The van der Waals surface area contributed by atoms with Crippen LogP contribution in [0.1, 0.15) is 5.56 Å². The highest BCUT2D eigenvalue weighted by Gasteiger charge is 2.14. The fraction of sp³-hybridized carbons (Fsp3) is 0.100. The first-order valence-corrected chi connectivity index (χ1v) is 7.31. The van der Waals surface area contributed by atoms with Gasteiger partial charge in [-0.3, -0.25) is 0 Å². The Bertz CT molecular complexity index is 622. The number of rotatable bonds is 4. The van der Waals surface area contributed by atoms with Crippen LogP contribution in [0.5, 0.6) is 0 Å². The van der Waals surface area contributed by atoms with E-state index in [0.717, 1.165) is 6.54 Å². The molecule has 0 bridgehead atoms. The molecule has 0 unspecified atom stereocenters. The van der Waals surface area contributed by atoms with Crippen LogP contribution in [0, 0.1) is 0 Å². The number of nitrogens with zero attached hydrogens (tertiary/aromatic N) is 1. The molecule has 0 atom stereocenters. The number of hydrogen-bond acceptors (Lipinski definition) is 1. The van der Waals surface area contributed by atoms with Crippen LogP contribution in [0.4, 0.5) is 5.69 Å². The van der Waals surface area contributed by atoms with Gasteiger partial charge in [0.15, 0.2) is 0 Å². The van der Waals surface area contributed by atoms with Crippen molar-refractivity contribution in [2.24, 2.45) is 0 Å². The van der Waals surface area contributed by atoms with Crippen molar-refractivity contribution in [3.05, 3.63) is 103 Å². The van der Waals surface area contributed by atoms with Gasteiger partial charge in [-0.2, -0.15) is 0 Å². The molecule has 0 saturated carbocycles. The predicted octanol–water partition coefficient (Wildman–Crippen LogP) is 4.74. The highest BCUT2D eigenvalue weighted by atomic mass is 15.2. The summed E-state index contributed by atoms with van der Waals surface area (Å²) in [6, 6.07) is 21.5. The Morgan fingerprint density at radius 2 is 1.24 bits per heavy atom. The Labute approximate surface area is 126 Å². The minimum atomic E-state index is 0.266. The molecule has 1 heteroatoms. The molecule has 2 aromatic rings. The van der Waals surface area contributed by atoms with Crippen LogP contribution in [0.25, 0.3) is 0 Å². The normalized spacial score (nSPS) is 14.1. The van der Waals surface area contributed by atoms with Gasteiger partial charge in [-0.15, -0.1) is 0 Å². The lowest BCUT2D eigenvalue weighted by molar-refractivity contribution is 0.781. The SMILES string of the molecule is C1=CC=CC(N(Cc2ccccc2)c2ccccc2)C=C1. The smallest absolute Gasteiger partial charge is 0.0667 e. The minimum Gasteiger partial charge on any atom is -0.357 e. The molecular weight excluding hydrogens is 254 g/mol. The predicted molar refractivity (Wildman–Crippen MR) is 90.3 cm³/mol. The summed E-state index contributed by atoms with van der Waals surface area (Å²) in [5.41, 5.74) is 2.56. The van der Waals surface area contributed by atoms with Crippen molar-refractivity contribution >= 4 is 5.69 Å². The van der Waals surface area contributed by atoms with Gasteiger partial charge in [-0.25, -0.2) is 0 Å². The molecule has 0 aliphatic heterocycles. The Kier molecular flexibility index (Phi) is 4.33. The summed E-state index contributed by atoms with van der Waals surface area (Å²) in [6.07, 6.45) is 12.8. The Morgan fingerprint density at radius 1 is 0.667 bits per heavy atom. The van der Waals surface area contributed by atoms with E-state index in [-0.39, 0.29) is 6.04 Å². The Morgan fingerprint density at radius 3 is 1.86 bits per heavy atom. The molecule has 1 aliphatic carbocycles. The van der Waals surface area contributed by atoms with E-state index in [0.29, 0.717) is 0 Å². The first-order valence-electron chi connectivity index (χ1n) is 7.31. The monoisotopic (exact) mass is 273 g/mol. The quantitative estimate of drug-likeness (QED) is 0.777. The van der Waals surface area contributed by atoms with E-state index in [4.69, 9.17) is 0 Å². The molecule has 21 heavy (non-hydrogen) atoms. The molecule has 0 radical (unpaired) electrons. The molecule has 0 aromatic heterocycles. The van der Waals surface area contributed by atoms with Crippen molar-refractivity contribution in [1.29, 1.82) is 0 Å². The highest BCUT2D eigenvalue weighted by Crippen LogP contribution is 2.22. The molecule has 0 N–H and O–H groups in total. The second-order valence-corrected chi connectivity index (χ2v) is 5.09. The Hall–Kier alpha value is -2.54. The summed E-state index contributed by atoms with van der Waals surface area (Å²) in [5.74, 6) is 0. The number of anilines is 1. The third-order valence-corrected chi connectivity index (χ3v) is 3.59. The van der Waals surface area contributed by atoms with Crippen molar-refractivity contribution in [2.75, 3.05) is 4.90 Å². The highest BCUT2D eigenvalue weighted by molar-refractivity contribution is 5.51. The lowest BCUT2D eigenvalue weighted by atomic mass is 10.1. The molecule has 0 amide bonds. The van der Waals surface area contributed by atoms with E-state index in [9.17, 15) is 0 Å². The molecular formula is C20H19N. The number of benzene rings is 2. The van der Waals surface area contributed by atoms with Gasteiger partial charge in [0.2, 0.25) is 0 Å². The minimum absolute atomic E-state index is 0.266. The second-order valence-electron chi connectivity index (χ2n) is 5.09. The van der Waals surface area contributed by atoms with Gasteiger partial charge >= 0.3 is 0 Å². The lowest BCUT2D eigenvalue weighted by Crippen LogP contribution is -2.31. The summed E-state index contributed by atoms with van der Waals surface area (Å²) in [4.78, 5) is 2.41. The summed E-state index contributed by atoms with van der Waals surface area (Å²) in [6.45, 7) is 0.893. The second kappa shape index (κ2) is 6.76. The van der Waals surface area contributed by atoms with E-state index in [1.54, 1.807) is 0 Å². The molecule has 0 fully saturated rings. The zero-order valence-electron chi connectivity index (χ0n) is 12.0. The van der Waals surface area contributed by atoms with Crippen molar-refractivity contribution in [1.82, 2.24) is 0 Å². The van der Waals surface area contributed by atoms with Gasteiger partial charge in [0.05, 0.1) is 6.04 Å². The van der Waals surface area contributed by atoms with Crippen LogP contribution >= 0.6 is 0 Å². The van der Waals surface area contributed by atoms with Gasteiger partial charge in [-0.1, -0.05) is 85.0 Å². The maximum Gasteiger partial charge on any atom is 0.0667 e. The maximum absolute atomic E-state index is 2.41. The number of allylic oxidation sites excluding steroid dienone is 4. The fourth-order valence-electron chi connectivity index (χ4n) is 2.52. The van der Waals surface area contributed by atoms with Crippen LogP contribution in [-0.4, -0.2) is 6.04 Å². The molecule has 1 nitrogen and oxygen atoms in total.